The summed E-state index contributed by atoms with van der Waals surface area (Å²) in [6.07, 6.45) is -0.369. The van der Waals surface area contributed by atoms with Gasteiger partial charge in [0.2, 0.25) is 0 Å². The molecule has 4 N–H and O–H groups in total. The van der Waals surface area contributed by atoms with Gasteiger partial charge in [-0.3, -0.25) is 0 Å². The van der Waals surface area contributed by atoms with Crippen LogP contribution in [0, 0.1) is 22.7 Å². The number of esters is 2. The van der Waals surface area contributed by atoms with Crippen LogP contribution in [0.1, 0.15) is 46.0 Å². The number of hydrogen-bond donors (Lipinski definition) is 4. The van der Waals surface area contributed by atoms with Gasteiger partial charge in [-0.15, -0.1) is 0 Å². The first-order chi connectivity index (χ1) is 17.1. The fourth-order valence-corrected chi connectivity index (χ4v) is 7.07. The molecule has 1 spiro atoms. The topological polar surface area (TPSA) is 152 Å². The maximum atomic E-state index is 12.9. The highest BCUT2D eigenvalue weighted by molar-refractivity contribution is 5.93. The summed E-state index contributed by atoms with van der Waals surface area (Å²) in [7, 11) is 0. The third-order valence-electron chi connectivity index (χ3n) is 9.51. The van der Waals surface area contributed by atoms with Crippen LogP contribution in [-0.4, -0.2) is 89.0 Å². The van der Waals surface area contributed by atoms with E-state index >= 15 is 0 Å². The number of rotatable bonds is 6. The van der Waals surface area contributed by atoms with Gasteiger partial charge >= 0.3 is 11.9 Å². The predicted molar refractivity (Wildman–Crippen MR) is 123 cm³/mol. The van der Waals surface area contributed by atoms with Crippen LogP contribution in [0.5, 0.6) is 0 Å². The molecule has 3 aliphatic heterocycles. The van der Waals surface area contributed by atoms with Crippen molar-refractivity contribution in [2.75, 3.05) is 19.8 Å². The molecule has 0 bridgehead atoms. The summed E-state index contributed by atoms with van der Waals surface area (Å²) in [5, 5.41) is 40.3. The monoisotopic (exact) mass is 508 g/mol. The van der Waals surface area contributed by atoms with Crippen LogP contribution in [0.4, 0.5) is 0 Å². The average molecular weight is 509 g/mol. The Bertz CT molecular complexity index is 958. The standard InChI is InChI=1S/C26H36O10/c1-13-3-6-26-12-34-23(32)16(26)8-15(35-24-22(31)21(30)20(29)17(10-27)36-24)9-18(26)25(13,2)5-4-14-7-19(28)33-11-14/h7-8,13,15,17-18,20-22,24,27,29-31H,3-6,9-12H2,1-2H3/t13-,15-,17-,18+,20-,21+,22-,24-,25-,26-/m1/s1. The number of ether oxygens (including phenoxy) is 4. The molecule has 3 heterocycles. The Hall–Kier alpha value is -1.82. The molecule has 0 amide bonds. The second-order valence-corrected chi connectivity index (χ2v) is 11.3. The minimum atomic E-state index is -1.54. The third-order valence-corrected chi connectivity index (χ3v) is 9.51. The predicted octanol–water partition coefficient (Wildman–Crippen LogP) is 0.361. The molecule has 0 aromatic rings. The molecular formula is C26H36O10. The molecule has 10 atom stereocenters. The molecule has 1 saturated carbocycles. The van der Waals surface area contributed by atoms with Crippen molar-refractivity contribution >= 4 is 11.9 Å². The highest BCUT2D eigenvalue weighted by atomic mass is 16.7. The van der Waals surface area contributed by atoms with Gasteiger partial charge < -0.3 is 39.4 Å². The highest BCUT2D eigenvalue weighted by Gasteiger charge is 2.62. The molecule has 2 saturated heterocycles. The van der Waals surface area contributed by atoms with Crippen molar-refractivity contribution in [3.8, 4) is 0 Å². The summed E-state index contributed by atoms with van der Waals surface area (Å²) < 4.78 is 22.3. The minimum Gasteiger partial charge on any atom is -0.461 e. The maximum absolute atomic E-state index is 12.9. The minimum absolute atomic E-state index is 0.0220. The summed E-state index contributed by atoms with van der Waals surface area (Å²) in [4.78, 5) is 24.4. The van der Waals surface area contributed by atoms with Crippen LogP contribution in [0.25, 0.3) is 0 Å². The molecule has 10 heteroatoms. The molecule has 5 rings (SSSR count). The van der Waals surface area contributed by atoms with E-state index in [4.69, 9.17) is 18.9 Å². The zero-order valence-electron chi connectivity index (χ0n) is 20.7. The van der Waals surface area contributed by atoms with Crippen molar-refractivity contribution in [2.45, 2.75) is 82.8 Å². The van der Waals surface area contributed by atoms with Crippen molar-refractivity contribution in [3.05, 3.63) is 23.3 Å². The largest absolute Gasteiger partial charge is 0.461 e. The van der Waals surface area contributed by atoms with Gasteiger partial charge in [0.05, 0.1) is 12.7 Å². The SMILES string of the molecule is C[C@@H]1CC[C@@]23COC(=O)C2=C[C@@H](O[C@@H]2O[C@H](CO)[C@@H](O)[C@H](O)[C@H]2O)C[C@H]3[C@]1(C)CCC1=CC(=O)OC1. The quantitative estimate of drug-likeness (QED) is 0.370. The van der Waals surface area contributed by atoms with Gasteiger partial charge in [-0.1, -0.05) is 13.8 Å². The fraction of sp³-hybridized carbons (Fsp3) is 0.769. The van der Waals surface area contributed by atoms with E-state index in [1.807, 2.05) is 0 Å². The van der Waals surface area contributed by atoms with E-state index in [-0.39, 0.29) is 23.3 Å². The molecule has 2 aliphatic carbocycles. The zero-order valence-corrected chi connectivity index (χ0v) is 20.7. The number of carbonyl (C=O) groups excluding carboxylic acids is 2. The Morgan fingerprint density at radius 2 is 1.92 bits per heavy atom. The van der Waals surface area contributed by atoms with Crippen LogP contribution in [0.3, 0.4) is 0 Å². The van der Waals surface area contributed by atoms with E-state index in [1.54, 1.807) is 12.2 Å². The van der Waals surface area contributed by atoms with E-state index in [2.05, 4.69) is 13.8 Å². The van der Waals surface area contributed by atoms with Crippen molar-refractivity contribution in [1.82, 2.24) is 0 Å². The van der Waals surface area contributed by atoms with E-state index in [9.17, 15) is 30.0 Å². The number of aliphatic hydroxyl groups excluding tert-OH is 4. The molecule has 36 heavy (non-hydrogen) atoms. The Labute approximate surface area is 209 Å². The summed E-state index contributed by atoms with van der Waals surface area (Å²) in [6, 6.07) is 0. The summed E-state index contributed by atoms with van der Waals surface area (Å²) in [6.45, 7) is 4.54. The first-order valence-electron chi connectivity index (χ1n) is 12.8. The lowest BCUT2D eigenvalue weighted by Crippen LogP contribution is -2.60. The molecule has 10 nitrogen and oxygen atoms in total. The average Bonchev–Trinajstić information content (AvgIpc) is 3.43. The molecule has 3 fully saturated rings. The molecule has 5 aliphatic rings. The molecule has 0 unspecified atom stereocenters. The summed E-state index contributed by atoms with van der Waals surface area (Å²) >= 11 is 0. The summed E-state index contributed by atoms with van der Waals surface area (Å²) in [5.41, 5.74) is 0.927. The first kappa shape index (κ1) is 25.8. The zero-order chi connectivity index (χ0) is 25.8. The Balaban J connectivity index is 1.42. The van der Waals surface area contributed by atoms with Crippen LogP contribution in [0.2, 0.25) is 0 Å². The van der Waals surface area contributed by atoms with E-state index in [0.717, 1.165) is 24.8 Å². The number of cyclic esters (lactones) is 2. The van der Waals surface area contributed by atoms with Crippen LogP contribution >= 0.6 is 0 Å². The van der Waals surface area contributed by atoms with E-state index in [0.29, 0.717) is 37.5 Å². The lowest BCUT2D eigenvalue weighted by molar-refractivity contribution is -0.310. The van der Waals surface area contributed by atoms with Crippen molar-refractivity contribution < 1.29 is 49.0 Å². The van der Waals surface area contributed by atoms with Crippen LogP contribution < -0.4 is 0 Å². The third kappa shape index (κ3) is 4.12. The lowest BCUT2D eigenvalue weighted by atomic mass is 9.46. The first-order valence-corrected chi connectivity index (χ1v) is 12.8. The van der Waals surface area contributed by atoms with E-state index in [1.165, 1.54) is 0 Å². The van der Waals surface area contributed by atoms with Crippen LogP contribution in [0.15, 0.2) is 23.3 Å². The number of aliphatic hydroxyl groups is 4. The van der Waals surface area contributed by atoms with Gasteiger partial charge in [-0.05, 0) is 61.0 Å². The fourth-order valence-electron chi connectivity index (χ4n) is 7.07. The smallest absolute Gasteiger partial charge is 0.334 e. The maximum Gasteiger partial charge on any atom is 0.334 e. The molecule has 200 valence electrons. The van der Waals surface area contributed by atoms with Gasteiger partial charge in [0, 0.05) is 17.1 Å². The van der Waals surface area contributed by atoms with Gasteiger partial charge in [-0.2, -0.15) is 0 Å². The Morgan fingerprint density at radius 1 is 1.14 bits per heavy atom. The second-order valence-electron chi connectivity index (χ2n) is 11.3. The summed E-state index contributed by atoms with van der Waals surface area (Å²) in [5.74, 6) is -0.311. The Kier molecular flexibility index (Phi) is 6.80. The highest BCUT2D eigenvalue weighted by Crippen LogP contribution is 2.64. The van der Waals surface area contributed by atoms with Crippen molar-refractivity contribution in [3.63, 3.8) is 0 Å². The van der Waals surface area contributed by atoms with Crippen molar-refractivity contribution in [2.24, 2.45) is 22.7 Å². The molecule has 0 aromatic heterocycles. The molecule has 0 aromatic carbocycles. The number of hydrogen-bond acceptors (Lipinski definition) is 10. The normalized spacial score (nSPS) is 46.4. The van der Waals surface area contributed by atoms with Crippen molar-refractivity contribution in [1.29, 1.82) is 0 Å². The molecule has 0 radical (unpaired) electrons. The van der Waals surface area contributed by atoms with Gasteiger partial charge in [-0.25, -0.2) is 9.59 Å². The Morgan fingerprint density at radius 3 is 2.61 bits per heavy atom. The van der Waals surface area contributed by atoms with Gasteiger partial charge in [0.1, 0.15) is 37.6 Å². The second kappa shape index (κ2) is 9.49. The van der Waals surface area contributed by atoms with E-state index < -0.39 is 48.8 Å². The van der Waals surface area contributed by atoms with Crippen LogP contribution in [-0.2, 0) is 28.5 Å². The van der Waals surface area contributed by atoms with Gasteiger partial charge in [0.25, 0.3) is 0 Å². The number of carbonyl (C=O) groups is 2. The van der Waals surface area contributed by atoms with Gasteiger partial charge in [0.15, 0.2) is 6.29 Å². The molecular weight excluding hydrogens is 472 g/mol. The lowest BCUT2D eigenvalue weighted by Gasteiger charge is -2.57.